The fourth-order valence-electron chi connectivity index (χ4n) is 1.25. The topological polar surface area (TPSA) is 52.6 Å². The average Bonchev–Trinajstić information content (AvgIpc) is 2.30. The van der Waals surface area contributed by atoms with Gasteiger partial charge in [0.25, 0.3) is 0 Å². The lowest BCUT2D eigenvalue weighted by atomic mass is 10.2. The number of hydrogen-bond donors (Lipinski definition) is 2. The first-order chi connectivity index (χ1) is 8.75. The first kappa shape index (κ1) is 15.8. The van der Waals surface area contributed by atoms with Crippen LogP contribution in [0.4, 0.5) is 23.7 Å². The summed E-state index contributed by atoms with van der Waals surface area (Å²) in [5.74, 6) is 0. The maximum absolute atomic E-state index is 12.4. The highest BCUT2D eigenvalue weighted by molar-refractivity contribution is 9.10. The Balaban J connectivity index is 2.84. The van der Waals surface area contributed by atoms with E-state index in [1.807, 2.05) is 0 Å². The van der Waals surface area contributed by atoms with E-state index in [2.05, 4.69) is 21.2 Å². The Kier molecular flexibility index (Phi) is 5.19. The van der Waals surface area contributed by atoms with Gasteiger partial charge in [0.05, 0.1) is 17.9 Å². The van der Waals surface area contributed by atoms with Crippen LogP contribution in [0.15, 0.2) is 22.7 Å². The Hall–Kier alpha value is -1.28. The molecule has 0 aromatic heterocycles. The highest BCUT2D eigenvalue weighted by Crippen LogP contribution is 2.33. The predicted octanol–water partition coefficient (Wildman–Crippen LogP) is 2.92. The number of aliphatic hydroxyl groups excluding tert-OH is 1. The van der Waals surface area contributed by atoms with Crippen LogP contribution in [-0.2, 0) is 6.18 Å². The smallest absolute Gasteiger partial charge is 0.395 e. The van der Waals surface area contributed by atoms with Crippen molar-refractivity contribution >= 4 is 27.6 Å². The van der Waals surface area contributed by atoms with E-state index in [9.17, 15) is 18.0 Å². The average molecular weight is 341 g/mol. The number of aliphatic hydroxyl groups is 1. The molecule has 0 aliphatic heterocycles. The summed E-state index contributed by atoms with van der Waals surface area (Å²) in [7, 11) is 1.46. The van der Waals surface area contributed by atoms with Crippen molar-refractivity contribution < 1.29 is 23.1 Å². The molecule has 0 aliphatic carbocycles. The minimum atomic E-state index is -4.43. The molecule has 0 saturated heterocycles. The molecule has 4 nitrogen and oxygen atoms in total. The van der Waals surface area contributed by atoms with Gasteiger partial charge in [0, 0.05) is 18.1 Å². The summed E-state index contributed by atoms with van der Waals surface area (Å²) in [4.78, 5) is 12.8. The van der Waals surface area contributed by atoms with Gasteiger partial charge in [-0.05, 0) is 34.1 Å². The summed E-state index contributed by atoms with van der Waals surface area (Å²) in [6.07, 6.45) is -4.43. The van der Waals surface area contributed by atoms with Crippen LogP contribution < -0.4 is 5.32 Å². The summed E-state index contributed by atoms with van der Waals surface area (Å²) in [5.41, 5.74) is -0.580. The largest absolute Gasteiger partial charge is 0.416 e. The summed E-state index contributed by atoms with van der Waals surface area (Å²) in [6.45, 7) is -0.0673. The normalized spacial score (nSPS) is 11.3. The van der Waals surface area contributed by atoms with Crippen molar-refractivity contribution in [1.29, 1.82) is 0 Å². The first-order valence-electron chi connectivity index (χ1n) is 5.25. The molecule has 0 heterocycles. The summed E-state index contributed by atoms with van der Waals surface area (Å²) < 4.78 is 37.5. The van der Waals surface area contributed by atoms with Gasteiger partial charge in [-0.1, -0.05) is 0 Å². The van der Waals surface area contributed by atoms with Crippen molar-refractivity contribution in [2.75, 3.05) is 25.5 Å². The summed E-state index contributed by atoms with van der Waals surface area (Å²) >= 11 is 2.97. The van der Waals surface area contributed by atoms with Gasteiger partial charge in [-0.2, -0.15) is 13.2 Å². The second-order valence-electron chi connectivity index (χ2n) is 3.77. The third-order valence-corrected chi connectivity index (χ3v) is 2.98. The number of anilines is 1. The van der Waals surface area contributed by atoms with E-state index in [1.165, 1.54) is 11.9 Å². The highest BCUT2D eigenvalue weighted by Gasteiger charge is 2.30. The van der Waals surface area contributed by atoms with Crippen LogP contribution in [0.2, 0.25) is 0 Å². The zero-order valence-electron chi connectivity index (χ0n) is 9.96. The van der Waals surface area contributed by atoms with Gasteiger partial charge in [0.15, 0.2) is 0 Å². The Bertz CT molecular complexity index is 466. The zero-order chi connectivity index (χ0) is 14.6. The minimum Gasteiger partial charge on any atom is -0.395 e. The zero-order valence-corrected chi connectivity index (χ0v) is 11.5. The Morgan fingerprint density at radius 3 is 2.58 bits per heavy atom. The molecule has 2 N–H and O–H groups in total. The summed E-state index contributed by atoms with van der Waals surface area (Å²) in [5, 5.41) is 11.1. The fraction of sp³-hybridized carbons (Fsp3) is 0.364. The maximum Gasteiger partial charge on any atom is 0.416 e. The second kappa shape index (κ2) is 6.25. The maximum atomic E-state index is 12.4. The van der Waals surface area contributed by atoms with E-state index in [0.717, 1.165) is 18.2 Å². The molecule has 2 amide bonds. The molecule has 0 unspecified atom stereocenters. The van der Waals surface area contributed by atoms with E-state index >= 15 is 0 Å². The van der Waals surface area contributed by atoms with Crippen molar-refractivity contribution in [2.45, 2.75) is 6.18 Å². The number of hydrogen-bond acceptors (Lipinski definition) is 2. The Labute approximate surface area is 116 Å². The van der Waals surface area contributed by atoms with Crippen LogP contribution >= 0.6 is 15.9 Å². The minimum absolute atomic E-state index is 0.129. The lowest BCUT2D eigenvalue weighted by Gasteiger charge is -2.17. The third-order valence-electron chi connectivity index (χ3n) is 2.32. The first-order valence-corrected chi connectivity index (χ1v) is 6.04. The molecule has 19 heavy (non-hydrogen) atoms. The SMILES string of the molecule is CN(CCO)C(=O)Nc1ccc(C(F)(F)F)cc1Br. The van der Waals surface area contributed by atoms with E-state index in [0.29, 0.717) is 0 Å². The standard InChI is InChI=1S/C11H12BrF3N2O2/c1-17(4-5-18)10(19)16-9-3-2-7(6-8(9)12)11(13,14)15/h2-3,6,18H,4-5H2,1H3,(H,16,19). The van der Waals surface area contributed by atoms with Crippen LogP contribution in [0.1, 0.15) is 5.56 Å². The summed E-state index contributed by atoms with van der Waals surface area (Å²) in [6, 6.07) is 2.42. The van der Waals surface area contributed by atoms with E-state index in [4.69, 9.17) is 5.11 Å². The molecule has 0 spiro atoms. The van der Waals surface area contributed by atoms with Crippen LogP contribution in [0.3, 0.4) is 0 Å². The van der Waals surface area contributed by atoms with Crippen LogP contribution in [0.5, 0.6) is 0 Å². The van der Waals surface area contributed by atoms with Gasteiger partial charge >= 0.3 is 12.2 Å². The third kappa shape index (κ3) is 4.39. The lowest BCUT2D eigenvalue weighted by molar-refractivity contribution is -0.137. The molecule has 0 fully saturated rings. The molecular formula is C11H12BrF3N2O2. The van der Waals surface area contributed by atoms with Gasteiger partial charge in [0.1, 0.15) is 0 Å². The molecule has 1 aromatic carbocycles. The Morgan fingerprint density at radius 1 is 1.47 bits per heavy atom. The molecule has 8 heteroatoms. The number of alkyl halides is 3. The number of nitrogens with one attached hydrogen (secondary N) is 1. The van der Waals surface area contributed by atoms with Crippen LogP contribution in [0, 0.1) is 0 Å². The number of halogens is 4. The number of nitrogens with zero attached hydrogens (tertiary/aromatic N) is 1. The fourth-order valence-corrected chi connectivity index (χ4v) is 1.73. The Morgan fingerprint density at radius 2 is 2.11 bits per heavy atom. The van der Waals surface area contributed by atoms with Gasteiger partial charge in [0.2, 0.25) is 0 Å². The van der Waals surface area contributed by atoms with Crippen molar-refractivity contribution in [3.8, 4) is 0 Å². The van der Waals surface area contributed by atoms with E-state index in [-0.39, 0.29) is 23.3 Å². The van der Waals surface area contributed by atoms with Gasteiger partial charge < -0.3 is 15.3 Å². The molecule has 106 valence electrons. The number of carbonyl (C=O) groups is 1. The van der Waals surface area contributed by atoms with Crippen molar-refractivity contribution in [3.05, 3.63) is 28.2 Å². The second-order valence-corrected chi connectivity index (χ2v) is 4.62. The molecular weight excluding hydrogens is 329 g/mol. The van der Waals surface area contributed by atoms with Gasteiger partial charge in [-0.25, -0.2) is 4.79 Å². The van der Waals surface area contributed by atoms with Crippen molar-refractivity contribution in [1.82, 2.24) is 4.90 Å². The molecule has 0 saturated carbocycles. The predicted molar refractivity (Wildman–Crippen MR) is 67.9 cm³/mol. The number of amides is 2. The van der Waals surface area contributed by atoms with E-state index < -0.39 is 17.8 Å². The highest BCUT2D eigenvalue weighted by atomic mass is 79.9. The number of urea groups is 1. The van der Waals surface area contributed by atoms with Crippen molar-refractivity contribution in [3.63, 3.8) is 0 Å². The molecule has 0 bridgehead atoms. The number of likely N-dealkylation sites (N-methyl/N-ethyl adjacent to an activating group) is 1. The van der Waals surface area contributed by atoms with Crippen molar-refractivity contribution in [2.24, 2.45) is 0 Å². The molecule has 0 aliphatic rings. The molecule has 0 radical (unpaired) electrons. The quantitative estimate of drug-likeness (QED) is 0.888. The van der Waals surface area contributed by atoms with Crippen LogP contribution in [-0.4, -0.2) is 36.2 Å². The van der Waals surface area contributed by atoms with Crippen LogP contribution in [0.25, 0.3) is 0 Å². The number of carbonyl (C=O) groups excluding carboxylic acids is 1. The lowest BCUT2D eigenvalue weighted by Crippen LogP contribution is -2.33. The monoisotopic (exact) mass is 340 g/mol. The number of rotatable bonds is 3. The molecule has 1 rings (SSSR count). The molecule has 1 aromatic rings. The van der Waals surface area contributed by atoms with Gasteiger partial charge in [-0.3, -0.25) is 0 Å². The van der Waals surface area contributed by atoms with E-state index in [1.54, 1.807) is 0 Å². The number of benzene rings is 1. The van der Waals surface area contributed by atoms with Gasteiger partial charge in [-0.15, -0.1) is 0 Å². The molecule has 0 atom stereocenters.